The number of nitrogens with zero attached hydrogens (tertiary/aromatic N) is 3. The molecule has 7 nitrogen and oxygen atoms in total. The van der Waals surface area contributed by atoms with Gasteiger partial charge in [-0.1, -0.05) is 6.07 Å². The Morgan fingerprint density at radius 2 is 1.81 bits per heavy atom. The number of piperazine rings is 1. The second-order valence-electron chi connectivity index (χ2n) is 8.00. The number of aromatic amines is 1. The standard InChI is InChI=1S/C23H25F2N5O2/c1-13-18(7-5-16(19(13)24)23(32)26-3)30-10-8-29(9-11-30)12-15-4-6-17-21(20(15)25)28-22(31)14(2)27-17/h4-7H,8-12H2,1-3H3,(H,26,32)(H,28,31). The van der Waals surface area contributed by atoms with Crippen LogP contribution in [0.2, 0.25) is 0 Å². The molecule has 1 saturated heterocycles. The molecule has 0 atom stereocenters. The van der Waals surface area contributed by atoms with Crippen molar-refractivity contribution in [1.29, 1.82) is 0 Å². The molecule has 3 aromatic rings. The van der Waals surface area contributed by atoms with E-state index in [1.807, 2.05) is 0 Å². The first-order chi connectivity index (χ1) is 15.3. The summed E-state index contributed by atoms with van der Waals surface area (Å²) in [6.45, 7) is 6.28. The van der Waals surface area contributed by atoms with Gasteiger partial charge >= 0.3 is 0 Å². The Balaban J connectivity index is 1.47. The van der Waals surface area contributed by atoms with Crippen molar-refractivity contribution in [3.8, 4) is 0 Å². The van der Waals surface area contributed by atoms with Gasteiger partial charge in [-0.15, -0.1) is 0 Å². The average Bonchev–Trinajstić information content (AvgIpc) is 2.79. The van der Waals surface area contributed by atoms with E-state index >= 15 is 0 Å². The van der Waals surface area contributed by atoms with Crippen molar-refractivity contribution in [1.82, 2.24) is 20.2 Å². The van der Waals surface area contributed by atoms with Crippen LogP contribution in [0.1, 0.15) is 27.2 Å². The average molecular weight is 441 g/mol. The summed E-state index contributed by atoms with van der Waals surface area (Å²) in [5, 5.41) is 2.45. The van der Waals surface area contributed by atoms with Crippen LogP contribution in [-0.2, 0) is 6.54 Å². The van der Waals surface area contributed by atoms with Gasteiger partial charge in [0.2, 0.25) is 0 Å². The molecule has 0 unspecified atom stereocenters. The summed E-state index contributed by atoms with van der Waals surface area (Å²) in [5.41, 5.74) is 2.16. The van der Waals surface area contributed by atoms with Crippen LogP contribution < -0.4 is 15.8 Å². The number of carbonyl (C=O) groups is 1. The lowest BCUT2D eigenvalue weighted by Crippen LogP contribution is -2.46. The number of fused-ring (bicyclic) bond motifs is 1. The smallest absolute Gasteiger partial charge is 0.269 e. The van der Waals surface area contributed by atoms with Crippen LogP contribution in [0.5, 0.6) is 0 Å². The molecule has 2 heterocycles. The summed E-state index contributed by atoms with van der Waals surface area (Å²) < 4.78 is 29.7. The Bertz CT molecular complexity index is 1250. The molecule has 2 N–H and O–H groups in total. The molecule has 1 aliphatic rings. The first kappa shape index (κ1) is 21.9. The highest BCUT2D eigenvalue weighted by atomic mass is 19.1. The highest BCUT2D eigenvalue weighted by molar-refractivity contribution is 5.95. The van der Waals surface area contributed by atoms with E-state index in [4.69, 9.17) is 0 Å². The number of nitrogens with one attached hydrogen (secondary N) is 2. The second-order valence-corrected chi connectivity index (χ2v) is 8.00. The largest absolute Gasteiger partial charge is 0.369 e. The molecule has 1 aliphatic heterocycles. The van der Waals surface area contributed by atoms with Crippen molar-refractivity contribution in [2.45, 2.75) is 20.4 Å². The predicted octanol–water partition coefficient (Wildman–Crippen LogP) is 2.50. The second kappa shape index (κ2) is 8.66. The van der Waals surface area contributed by atoms with Gasteiger partial charge in [0.1, 0.15) is 17.0 Å². The third kappa shape index (κ3) is 3.95. The Labute approximate surface area is 184 Å². The van der Waals surface area contributed by atoms with E-state index in [1.165, 1.54) is 13.1 Å². The van der Waals surface area contributed by atoms with Gasteiger partial charge in [0.15, 0.2) is 5.82 Å². The number of hydrogen-bond acceptors (Lipinski definition) is 5. The number of aromatic nitrogens is 2. The minimum absolute atomic E-state index is 0.0295. The number of benzene rings is 2. The summed E-state index contributed by atoms with van der Waals surface area (Å²) in [5.74, 6) is -1.43. The lowest BCUT2D eigenvalue weighted by Gasteiger charge is -2.37. The van der Waals surface area contributed by atoms with E-state index in [1.54, 1.807) is 32.0 Å². The van der Waals surface area contributed by atoms with Crippen LogP contribution in [0, 0.1) is 25.5 Å². The van der Waals surface area contributed by atoms with E-state index in [0.29, 0.717) is 55.1 Å². The number of rotatable bonds is 4. The van der Waals surface area contributed by atoms with Crippen molar-refractivity contribution < 1.29 is 13.6 Å². The maximum Gasteiger partial charge on any atom is 0.269 e. The van der Waals surface area contributed by atoms with Crippen molar-refractivity contribution in [2.24, 2.45) is 0 Å². The Morgan fingerprint density at radius 3 is 2.50 bits per heavy atom. The van der Waals surface area contributed by atoms with Crippen molar-refractivity contribution >= 4 is 22.6 Å². The zero-order valence-electron chi connectivity index (χ0n) is 18.3. The molecule has 0 bridgehead atoms. The molecule has 0 saturated carbocycles. The maximum atomic E-state index is 15.0. The van der Waals surface area contributed by atoms with E-state index < -0.39 is 23.1 Å². The van der Waals surface area contributed by atoms with E-state index in [-0.39, 0.29) is 11.1 Å². The maximum absolute atomic E-state index is 15.0. The molecular formula is C23H25F2N5O2. The SMILES string of the molecule is CNC(=O)c1ccc(N2CCN(Cc3ccc4nc(C)c(=O)[nH]c4c3F)CC2)c(C)c1F. The highest BCUT2D eigenvalue weighted by Gasteiger charge is 2.23. The third-order valence-electron chi connectivity index (χ3n) is 5.99. The Hall–Kier alpha value is -3.33. The van der Waals surface area contributed by atoms with Crippen molar-refractivity contribution in [2.75, 3.05) is 38.1 Å². The minimum atomic E-state index is -0.514. The molecule has 32 heavy (non-hydrogen) atoms. The van der Waals surface area contributed by atoms with Crippen molar-refractivity contribution in [3.63, 3.8) is 0 Å². The molecule has 1 amide bonds. The number of carbonyl (C=O) groups excluding carboxylic acids is 1. The van der Waals surface area contributed by atoms with Crippen LogP contribution >= 0.6 is 0 Å². The molecular weight excluding hydrogens is 416 g/mol. The van der Waals surface area contributed by atoms with Crippen LogP contribution in [-0.4, -0.2) is 54.0 Å². The number of anilines is 1. The molecule has 0 aliphatic carbocycles. The number of amides is 1. The van der Waals surface area contributed by atoms with Crippen LogP contribution in [0.15, 0.2) is 29.1 Å². The molecule has 1 fully saturated rings. The first-order valence-corrected chi connectivity index (χ1v) is 10.5. The predicted molar refractivity (Wildman–Crippen MR) is 119 cm³/mol. The number of halogens is 2. The Morgan fingerprint density at radius 1 is 1.09 bits per heavy atom. The van der Waals surface area contributed by atoms with Gasteiger partial charge in [0.05, 0.1) is 11.1 Å². The van der Waals surface area contributed by atoms with Gasteiger partial charge in [-0.2, -0.15) is 0 Å². The van der Waals surface area contributed by atoms with Gasteiger partial charge < -0.3 is 15.2 Å². The fourth-order valence-electron chi connectivity index (χ4n) is 4.09. The summed E-state index contributed by atoms with van der Waals surface area (Å²) >= 11 is 0. The lowest BCUT2D eigenvalue weighted by atomic mass is 10.1. The Kier molecular flexibility index (Phi) is 5.92. The highest BCUT2D eigenvalue weighted by Crippen LogP contribution is 2.27. The molecule has 2 aromatic carbocycles. The van der Waals surface area contributed by atoms with Crippen LogP contribution in [0.3, 0.4) is 0 Å². The molecule has 9 heteroatoms. The van der Waals surface area contributed by atoms with E-state index in [2.05, 4.69) is 25.1 Å². The topological polar surface area (TPSA) is 81.3 Å². The van der Waals surface area contributed by atoms with Crippen molar-refractivity contribution in [3.05, 3.63) is 68.6 Å². The molecule has 1 aromatic heterocycles. The quantitative estimate of drug-likeness (QED) is 0.650. The van der Waals surface area contributed by atoms with Crippen LogP contribution in [0.4, 0.5) is 14.5 Å². The fraction of sp³-hybridized carbons (Fsp3) is 0.348. The van der Waals surface area contributed by atoms with Gasteiger partial charge in [0, 0.05) is 56.6 Å². The summed E-state index contributed by atoms with van der Waals surface area (Å²) in [4.78, 5) is 34.6. The zero-order valence-corrected chi connectivity index (χ0v) is 18.3. The zero-order chi connectivity index (χ0) is 23.0. The number of H-pyrrole nitrogens is 1. The molecule has 168 valence electrons. The van der Waals surface area contributed by atoms with Gasteiger partial charge in [-0.3, -0.25) is 14.5 Å². The minimum Gasteiger partial charge on any atom is -0.369 e. The fourth-order valence-corrected chi connectivity index (χ4v) is 4.09. The monoisotopic (exact) mass is 441 g/mol. The van der Waals surface area contributed by atoms with E-state index in [9.17, 15) is 18.4 Å². The molecule has 0 radical (unpaired) electrons. The van der Waals surface area contributed by atoms with Gasteiger partial charge in [-0.05, 0) is 32.0 Å². The summed E-state index contributed by atoms with van der Waals surface area (Å²) in [6.07, 6.45) is 0. The first-order valence-electron chi connectivity index (χ1n) is 10.5. The normalized spacial score (nSPS) is 14.7. The summed E-state index contributed by atoms with van der Waals surface area (Å²) in [6, 6.07) is 6.69. The van der Waals surface area contributed by atoms with Gasteiger partial charge in [-0.25, -0.2) is 13.8 Å². The lowest BCUT2D eigenvalue weighted by molar-refractivity contribution is 0.0959. The van der Waals surface area contributed by atoms with E-state index in [0.717, 1.165) is 5.69 Å². The number of hydrogen-bond donors (Lipinski definition) is 2. The van der Waals surface area contributed by atoms with Gasteiger partial charge in [0.25, 0.3) is 11.5 Å². The number of aryl methyl sites for hydroxylation is 1. The molecule has 0 spiro atoms. The summed E-state index contributed by atoms with van der Waals surface area (Å²) in [7, 11) is 1.47. The third-order valence-corrected chi connectivity index (χ3v) is 5.99. The van der Waals surface area contributed by atoms with Crippen LogP contribution in [0.25, 0.3) is 11.0 Å². The molecule has 4 rings (SSSR count).